The summed E-state index contributed by atoms with van der Waals surface area (Å²) in [6.07, 6.45) is 1.35. The van der Waals surface area contributed by atoms with Gasteiger partial charge in [-0.3, -0.25) is 4.79 Å². The zero-order valence-electron chi connectivity index (χ0n) is 16.2. The molecule has 0 radical (unpaired) electrons. The van der Waals surface area contributed by atoms with Crippen molar-refractivity contribution in [1.82, 2.24) is 0 Å². The monoisotopic (exact) mass is 416 g/mol. The molecule has 0 aliphatic carbocycles. The van der Waals surface area contributed by atoms with Gasteiger partial charge in [-0.25, -0.2) is 9.18 Å². The number of ether oxygens (including phenoxy) is 1. The van der Waals surface area contributed by atoms with Crippen LogP contribution in [-0.4, -0.2) is 17.0 Å². The lowest BCUT2D eigenvalue weighted by Crippen LogP contribution is -2.14. The maximum Gasteiger partial charge on any atom is 0.335 e. The Morgan fingerprint density at radius 3 is 2.55 bits per heavy atom. The highest BCUT2D eigenvalue weighted by atomic mass is 19.1. The van der Waals surface area contributed by atoms with Crippen molar-refractivity contribution in [3.8, 4) is 11.8 Å². The zero-order valence-corrected chi connectivity index (χ0v) is 16.2. The standard InChI is InChI=1S/C24H17FN2O4/c25-21-10-3-1-7-18(21)15-31-22-11-4-2-6-16(22)12-19(14-26)23(28)27-20-9-5-8-17(13-20)24(29)30/h1-13H,15H2,(H,27,28)(H,29,30)/b19-12-. The largest absolute Gasteiger partial charge is 0.488 e. The number of nitrogens with zero attached hydrogens (tertiary/aromatic N) is 1. The van der Waals surface area contributed by atoms with Crippen LogP contribution in [0, 0.1) is 17.1 Å². The molecule has 31 heavy (non-hydrogen) atoms. The maximum absolute atomic E-state index is 13.8. The van der Waals surface area contributed by atoms with E-state index in [4.69, 9.17) is 9.84 Å². The molecule has 7 heteroatoms. The Balaban J connectivity index is 1.80. The van der Waals surface area contributed by atoms with Crippen LogP contribution in [0.25, 0.3) is 6.08 Å². The highest BCUT2D eigenvalue weighted by molar-refractivity contribution is 6.10. The zero-order chi connectivity index (χ0) is 22.2. The molecule has 0 aliphatic heterocycles. The van der Waals surface area contributed by atoms with Crippen LogP contribution in [0.3, 0.4) is 0 Å². The fourth-order valence-corrected chi connectivity index (χ4v) is 2.73. The van der Waals surface area contributed by atoms with E-state index >= 15 is 0 Å². The number of carboxylic acids is 1. The highest BCUT2D eigenvalue weighted by Crippen LogP contribution is 2.23. The van der Waals surface area contributed by atoms with Gasteiger partial charge in [0.05, 0.1) is 5.56 Å². The molecule has 0 aliphatic rings. The number of hydrogen-bond donors (Lipinski definition) is 2. The fraction of sp³-hybridized carbons (Fsp3) is 0.0417. The van der Waals surface area contributed by atoms with Gasteiger partial charge in [0, 0.05) is 16.8 Å². The number of nitrogens with one attached hydrogen (secondary N) is 1. The summed E-state index contributed by atoms with van der Waals surface area (Å²) in [6, 6.07) is 20.5. The minimum atomic E-state index is -1.13. The molecular weight excluding hydrogens is 399 g/mol. The minimum absolute atomic E-state index is 0.00665. The van der Waals surface area contributed by atoms with Gasteiger partial charge in [0.15, 0.2) is 0 Å². The van der Waals surface area contributed by atoms with E-state index in [0.29, 0.717) is 16.9 Å². The molecule has 0 aromatic heterocycles. The molecule has 0 saturated carbocycles. The summed E-state index contributed by atoms with van der Waals surface area (Å²) >= 11 is 0. The van der Waals surface area contributed by atoms with Gasteiger partial charge in [0.25, 0.3) is 5.91 Å². The molecule has 0 unspecified atom stereocenters. The molecule has 0 atom stereocenters. The molecule has 0 saturated heterocycles. The second kappa shape index (κ2) is 9.85. The number of carboxylic acid groups (broad SMARTS) is 1. The summed E-state index contributed by atoms with van der Waals surface area (Å²) in [5, 5.41) is 21.0. The Kier molecular flexibility index (Phi) is 6.76. The summed E-state index contributed by atoms with van der Waals surface area (Å²) in [6.45, 7) is -0.0202. The number of rotatable bonds is 7. The number of halogens is 1. The van der Waals surface area contributed by atoms with Crippen LogP contribution in [0.2, 0.25) is 0 Å². The van der Waals surface area contributed by atoms with Gasteiger partial charge in [-0.1, -0.05) is 42.5 Å². The fourth-order valence-electron chi connectivity index (χ4n) is 2.73. The minimum Gasteiger partial charge on any atom is -0.488 e. The predicted molar refractivity (Wildman–Crippen MR) is 113 cm³/mol. The first-order valence-corrected chi connectivity index (χ1v) is 9.19. The van der Waals surface area contributed by atoms with Gasteiger partial charge in [0.1, 0.15) is 29.8 Å². The van der Waals surface area contributed by atoms with Crippen LogP contribution in [-0.2, 0) is 11.4 Å². The molecule has 2 N–H and O–H groups in total. The summed E-state index contributed by atoms with van der Waals surface area (Å²) in [5.74, 6) is -1.85. The van der Waals surface area contributed by atoms with Crippen LogP contribution in [0.5, 0.6) is 5.75 Å². The number of amides is 1. The average Bonchev–Trinajstić information content (AvgIpc) is 2.77. The Morgan fingerprint density at radius 2 is 1.81 bits per heavy atom. The van der Waals surface area contributed by atoms with Crippen LogP contribution in [0.15, 0.2) is 78.4 Å². The van der Waals surface area contributed by atoms with E-state index in [0.717, 1.165) is 0 Å². The number of benzene rings is 3. The molecule has 3 rings (SSSR count). The van der Waals surface area contributed by atoms with E-state index in [1.165, 1.54) is 36.4 Å². The molecule has 6 nitrogen and oxygen atoms in total. The molecule has 0 spiro atoms. The number of aromatic carboxylic acids is 1. The average molecular weight is 416 g/mol. The van der Waals surface area contributed by atoms with Crippen LogP contribution >= 0.6 is 0 Å². The predicted octanol–water partition coefficient (Wildman–Crippen LogP) is 4.65. The van der Waals surface area contributed by atoms with Crippen LogP contribution < -0.4 is 10.1 Å². The van der Waals surface area contributed by atoms with E-state index in [1.807, 2.05) is 6.07 Å². The van der Waals surface area contributed by atoms with E-state index < -0.39 is 17.7 Å². The Labute approximate surface area is 177 Å². The Morgan fingerprint density at radius 1 is 1.06 bits per heavy atom. The number of anilines is 1. The first-order chi connectivity index (χ1) is 15.0. The van der Waals surface area contributed by atoms with E-state index in [-0.39, 0.29) is 23.4 Å². The lowest BCUT2D eigenvalue weighted by atomic mass is 10.1. The molecule has 154 valence electrons. The third kappa shape index (κ3) is 5.55. The van der Waals surface area contributed by atoms with Crippen molar-refractivity contribution in [3.63, 3.8) is 0 Å². The van der Waals surface area contributed by atoms with Crippen molar-refractivity contribution in [2.45, 2.75) is 6.61 Å². The van der Waals surface area contributed by atoms with E-state index in [1.54, 1.807) is 42.5 Å². The molecule has 0 heterocycles. The molecule has 3 aromatic carbocycles. The van der Waals surface area contributed by atoms with Crippen LogP contribution in [0.1, 0.15) is 21.5 Å². The first kappa shape index (κ1) is 21.3. The number of para-hydroxylation sites is 1. The molecule has 0 fully saturated rings. The molecular formula is C24H17FN2O4. The van der Waals surface area contributed by atoms with E-state index in [2.05, 4.69) is 5.32 Å². The Bertz CT molecular complexity index is 1200. The van der Waals surface area contributed by atoms with Gasteiger partial charge in [-0.05, 0) is 36.4 Å². The number of nitriles is 1. The maximum atomic E-state index is 13.8. The second-order valence-electron chi connectivity index (χ2n) is 6.43. The van der Waals surface area contributed by atoms with Crippen molar-refractivity contribution in [2.24, 2.45) is 0 Å². The number of hydrogen-bond acceptors (Lipinski definition) is 4. The van der Waals surface area contributed by atoms with Crippen LogP contribution in [0.4, 0.5) is 10.1 Å². The summed E-state index contributed by atoms with van der Waals surface area (Å²) in [4.78, 5) is 23.6. The molecule has 0 bridgehead atoms. The summed E-state index contributed by atoms with van der Waals surface area (Å²) in [5.41, 5.74) is 0.882. The van der Waals surface area contributed by atoms with Crippen molar-refractivity contribution < 1.29 is 23.8 Å². The molecule has 1 amide bonds. The third-order valence-corrected chi connectivity index (χ3v) is 4.29. The summed E-state index contributed by atoms with van der Waals surface area (Å²) in [7, 11) is 0. The van der Waals surface area contributed by atoms with Crippen molar-refractivity contribution in [2.75, 3.05) is 5.32 Å². The van der Waals surface area contributed by atoms with Gasteiger partial charge in [-0.15, -0.1) is 0 Å². The second-order valence-corrected chi connectivity index (χ2v) is 6.43. The van der Waals surface area contributed by atoms with Crippen molar-refractivity contribution >= 4 is 23.6 Å². The smallest absolute Gasteiger partial charge is 0.335 e. The van der Waals surface area contributed by atoms with Gasteiger partial charge in [0.2, 0.25) is 0 Å². The van der Waals surface area contributed by atoms with Gasteiger partial charge >= 0.3 is 5.97 Å². The van der Waals surface area contributed by atoms with Crippen molar-refractivity contribution in [3.05, 3.63) is 101 Å². The van der Waals surface area contributed by atoms with Gasteiger partial charge in [-0.2, -0.15) is 5.26 Å². The third-order valence-electron chi connectivity index (χ3n) is 4.29. The number of carbonyl (C=O) groups excluding carboxylic acids is 1. The first-order valence-electron chi connectivity index (χ1n) is 9.19. The summed E-state index contributed by atoms with van der Waals surface area (Å²) < 4.78 is 19.5. The topological polar surface area (TPSA) is 99.4 Å². The van der Waals surface area contributed by atoms with E-state index in [9.17, 15) is 19.2 Å². The normalized spacial score (nSPS) is 10.8. The quantitative estimate of drug-likeness (QED) is 0.431. The molecule has 3 aromatic rings. The Hall–Kier alpha value is -4.44. The lowest BCUT2D eigenvalue weighted by Gasteiger charge is -2.10. The number of carbonyl (C=O) groups is 2. The lowest BCUT2D eigenvalue weighted by molar-refractivity contribution is -0.112. The van der Waals surface area contributed by atoms with Crippen molar-refractivity contribution in [1.29, 1.82) is 5.26 Å². The highest BCUT2D eigenvalue weighted by Gasteiger charge is 2.13. The SMILES string of the molecule is N#C/C(=C/c1ccccc1OCc1ccccc1F)C(=O)Nc1cccc(C(=O)O)c1. The van der Waals surface area contributed by atoms with Gasteiger partial charge < -0.3 is 15.2 Å².